The Morgan fingerprint density at radius 2 is 2.10 bits per heavy atom. The predicted molar refractivity (Wildman–Crippen MR) is 75.8 cm³/mol. The number of benzene rings is 1. The minimum Gasteiger partial charge on any atom is -0.394 e. The second-order valence-corrected chi connectivity index (χ2v) is 4.50. The number of pyridine rings is 1. The highest BCUT2D eigenvalue weighted by molar-refractivity contribution is 6.30. The molecule has 2 rings (SSSR count). The number of nitrogens with one attached hydrogen (secondary N) is 1. The number of rotatable bonds is 5. The Balaban J connectivity index is 2.31. The second-order valence-electron chi connectivity index (χ2n) is 4.07. The molecule has 1 aromatic heterocycles. The zero-order valence-electron chi connectivity index (χ0n) is 10.4. The SMILES string of the molecule is O=[N+]([O-])c1cc(Cl)cnc1NC(CO)c1ccccc1. The van der Waals surface area contributed by atoms with Gasteiger partial charge in [-0.1, -0.05) is 41.9 Å². The molecule has 6 nitrogen and oxygen atoms in total. The molecule has 1 unspecified atom stereocenters. The van der Waals surface area contributed by atoms with Crippen molar-refractivity contribution >= 4 is 23.1 Å². The average molecular weight is 294 g/mol. The largest absolute Gasteiger partial charge is 0.394 e. The Hall–Kier alpha value is -2.18. The van der Waals surface area contributed by atoms with Gasteiger partial charge in [-0.05, 0) is 5.56 Å². The van der Waals surface area contributed by atoms with Gasteiger partial charge in [-0.3, -0.25) is 10.1 Å². The molecule has 0 aliphatic rings. The van der Waals surface area contributed by atoms with Crippen LogP contribution in [0.15, 0.2) is 42.6 Å². The summed E-state index contributed by atoms with van der Waals surface area (Å²) in [4.78, 5) is 14.3. The van der Waals surface area contributed by atoms with E-state index in [4.69, 9.17) is 11.6 Å². The fourth-order valence-electron chi connectivity index (χ4n) is 1.76. The number of hydrogen-bond acceptors (Lipinski definition) is 5. The van der Waals surface area contributed by atoms with Crippen molar-refractivity contribution in [2.24, 2.45) is 0 Å². The van der Waals surface area contributed by atoms with Gasteiger partial charge in [0.05, 0.1) is 22.6 Å². The summed E-state index contributed by atoms with van der Waals surface area (Å²) in [6, 6.07) is 9.86. The van der Waals surface area contributed by atoms with Crippen molar-refractivity contribution in [2.75, 3.05) is 11.9 Å². The molecule has 1 atom stereocenters. The molecule has 0 radical (unpaired) electrons. The van der Waals surface area contributed by atoms with E-state index in [1.807, 2.05) is 30.3 Å². The van der Waals surface area contributed by atoms with Crippen LogP contribution < -0.4 is 5.32 Å². The molecule has 0 saturated heterocycles. The van der Waals surface area contributed by atoms with Gasteiger partial charge in [-0.25, -0.2) is 4.98 Å². The van der Waals surface area contributed by atoms with E-state index >= 15 is 0 Å². The molecule has 0 amide bonds. The molecular weight excluding hydrogens is 282 g/mol. The first-order valence-corrected chi connectivity index (χ1v) is 6.22. The number of aliphatic hydroxyl groups is 1. The summed E-state index contributed by atoms with van der Waals surface area (Å²) in [5.41, 5.74) is 0.577. The van der Waals surface area contributed by atoms with E-state index in [-0.39, 0.29) is 23.1 Å². The molecule has 7 heteroatoms. The summed E-state index contributed by atoms with van der Waals surface area (Å²) in [6.07, 6.45) is 1.32. The van der Waals surface area contributed by atoms with Crippen LogP contribution >= 0.6 is 11.6 Å². The van der Waals surface area contributed by atoms with Crippen molar-refractivity contribution in [3.05, 3.63) is 63.3 Å². The summed E-state index contributed by atoms with van der Waals surface area (Å²) in [7, 11) is 0. The molecule has 0 aliphatic heterocycles. The third-order valence-electron chi connectivity index (χ3n) is 2.73. The molecule has 1 aromatic carbocycles. The lowest BCUT2D eigenvalue weighted by molar-refractivity contribution is -0.384. The molecule has 0 aliphatic carbocycles. The van der Waals surface area contributed by atoms with Gasteiger partial charge in [-0.2, -0.15) is 0 Å². The van der Waals surface area contributed by atoms with Gasteiger partial charge >= 0.3 is 5.69 Å². The van der Waals surface area contributed by atoms with E-state index in [0.717, 1.165) is 5.56 Å². The Morgan fingerprint density at radius 3 is 2.70 bits per heavy atom. The minimum absolute atomic E-state index is 0.0716. The van der Waals surface area contributed by atoms with Crippen LogP contribution in [0.4, 0.5) is 11.5 Å². The number of hydrogen-bond donors (Lipinski definition) is 2. The summed E-state index contributed by atoms with van der Waals surface area (Å²) in [6.45, 7) is -0.217. The average Bonchev–Trinajstić information content (AvgIpc) is 2.46. The van der Waals surface area contributed by atoms with E-state index < -0.39 is 11.0 Å². The van der Waals surface area contributed by atoms with Crippen molar-refractivity contribution in [1.29, 1.82) is 0 Å². The van der Waals surface area contributed by atoms with Gasteiger partial charge in [0, 0.05) is 12.3 Å². The first-order chi connectivity index (χ1) is 9.61. The Kier molecular flexibility index (Phi) is 4.49. The van der Waals surface area contributed by atoms with Crippen LogP contribution in [0.2, 0.25) is 5.02 Å². The van der Waals surface area contributed by atoms with Crippen molar-refractivity contribution in [3.8, 4) is 0 Å². The first-order valence-electron chi connectivity index (χ1n) is 5.84. The van der Waals surface area contributed by atoms with E-state index in [0.29, 0.717) is 0 Å². The maximum atomic E-state index is 11.0. The first kappa shape index (κ1) is 14.2. The molecule has 104 valence electrons. The second kappa shape index (κ2) is 6.31. The van der Waals surface area contributed by atoms with E-state index in [2.05, 4.69) is 10.3 Å². The van der Waals surface area contributed by atoms with Gasteiger partial charge in [0.25, 0.3) is 0 Å². The van der Waals surface area contributed by atoms with Crippen LogP contribution in [-0.4, -0.2) is 21.6 Å². The van der Waals surface area contributed by atoms with Crippen LogP contribution in [0.5, 0.6) is 0 Å². The number of halogens is 1. The lowest BCUT2D eigenvalue weighted by Crippen LogP contribution is -2.16. The lowest BCUT2D eigenvalue weighted by atomic mass is 10.1. The van der Waals surface area contributed by atoms with Crippen molar-refractivity contribution in [1.82, 2.24) is 4.98 Å². The molecule has 0 bridgehead atoms. The highest BCUT2D eigenvalue weighted by Gasteiger charge is 2.19. The monoisotopic (exact) mass is 293 g/mol. The molecule has 2 aromatic rings. The highest BCUT2D eigenvalue weighted by atomic mass is 35.5. The van der Waals surface area contributed by atoms with Crippen LogP contribution in [0, 0.1) is 10.1 Å². The molecule has 0 saturated carbocycles. The normalized spacial score (nSPS) is 11.9. The van der Waals surface area contributed by atoms with Gasteiger partial charge in [0.1, 0.15) is 0 Å². The summed E-state index contributed by atoms with van der Waals surface area (Å²) >= 11 is 5.70. The fraction of sp³-hybridized carbons (Fsp3) is 0.154. The molecule has 20 heavy (non-hydrogen) atoms. The number of aromatic nitrogens is 1. The van der Waals surface area contributed by atoms with Crippen LogP contribution in [-0.2, 0) is 0 Å². The maximum absolute atomic E-state index is 11.0. The predicted octanol–water partition coefficient (Wildman–Crippen LogP) is 2.79. The standard InChI is InChI=1S/C13H12ClN3O3/c14-10-6-12(17(19)20)13(15-7-10)16-11(8-18)9-4-2-1-3-5-9/h1-7,11,18H,8H2,(H,15,16). The number of aliphatic hydroxyl groups excluding tert-OH is 1. The third-order valence-corrected chi connectivity index (χ3v) is 2.93. The lowest BCUT2D eigenvalue weighted by Gasteiger charge is -2.17. The fourth-order valence-corrected chi connectivity index (χ4v) is 1.92. The Bertz CT molecular complexity index is 607. The van der Waals surface area contributed by atoms with E-state index in [9.17, 15) is 15.2 Å². The topological polar surface area (TPSA) is 88.3 Å². The molecular formula is C13H12ClN3O3. The van der Waals surface area contributed by atoms with Crippen molar-refractivity contribution in [3.63, 3.8) is 0 Å². The third kappa shape index (κ3) is 3.23. The minimum atomic E-state index is -0.569. The van der Waals surface area contributed by atoms with Gasteiger partial charge in [0.15, 0.2) is 0 Å². The summed E-state index contributed by atoms with van der Waals surface area (Å²) < 4.78 is 0. The van der Waals surface area contributed by atoms with E-state index in [1.54, 1.807) is 0 Å². The Morgan fingerprint density at radius 1 is 1.40 bits per heavy atom. The van der Waals surface area contributed by atoms with Crippen LogP contribution in [0.25, 0.3) is 0 Å². The molecule has 0 spiro atoms. The quantitative estimate of drug-likeness (QED) is 0.653. The number of nitrogens with zero attached hydrogens (tertiary/aromatic N) is 2. The summed E-state index contributed by atoms with van der Waals surface area (Å²) in [5.74, 6) is 0.0716. The van der Waals surface area contributed by atoms with Gasteiger partial charge < -0.3 is 10.4 Å². The van der Waals surface area contributed by atoms with Crippen molar-refractivity contribution in [2.45, 2.75) is 6.04 Å². The van der Waals surface area contributed by atoms with Crippen LogP contribution in [0.1, 0.15) is 11.6 Å². The maximum Gasteiger partial charge on any atom is 0.312 e. The molecule has 2 N–H and O–H groups in total. The smallest absolute Gasteiger partial charge is 0.312 e. The van der Waals surface area contributed by atoms with Gasteiger partial charge in [-0.15, -0.1) is 0 Å². The van der Waals surface area contributed by atoms with E-state index in [1.165, 1.54) is 12.3 Å². The number of anilines is 1. The highest BCUT2D eigenvalue weighted by Crippen LogP contribution is 2.28. The summed E-state index contributed by atoms with van der Waals surface area (Å²) in [5, 5.41) is 23.5. The zero-order chi connectivity index (χ0) is 14.5. The zero-order valence-corrected chi connectivity index (χ0v) is 11.1. The van der Waals surface area contributed by atoms with Crippen LogP contribution in [0.3, 0.4) is 0 Å². The molecule has 1 heterocycles. The Labute approximate surface area is 120 Å². The van der Waals surface area contributed by atoms with Crippen molar-refractivity contribution < 1.29 is 10.0 Å². The number of nitro groups is 1. The molecule has 0 fully saturated rings. The van der Waals surface area contributed by atoms with Gasteiger partial charge in [0.2, 0.25) is 5.82 Å².